The van der Waals surface area contributed by atoms with E-state index in [9.17, 15) is 4.21 Å². The SMILES string of the molecule is CCNC(=NCc1cc(C(CC)CC)no1)NC1CCCC(S(=O)CC)C1.I. The summed E-state index contributed by atoms with van der Waals surface area (Å²) in [5.41, 5.74) is 1.03. The molecule has 0 radical (unpaired) electrons. The van der Waals surface area contributed by atoms with E-state index in [0.29, 0.717) is 23.8 Å². The predicted molar refractivity (Wildman–Crippen MR) is 128 cm³/mol. The van der Waals surface area contributed by atoms with Gasteiger partial charge in [0.05, 0.1) is 5.69 Å². The summed E-state index contributed by atoms with van der Waals surface area (Å²) in [6.07, 6.45) is 6.38. The van der Waals surface area contributed by atoms with E-state index in [1.54, 1.807) is 0 Å². The lowest BCUT2D eigenvalue weighted by atomic mass is 9.95. The van der Waals surface area contributed by atoms with Gasteiger partial charge in [-0.2, -0.15) is 0 Å². The molecule has 8 heteroatoms. The highest BCUT2D eigenvalue weighted by atomic mass is 127. The first-order chi connectivity index (χ1) is 13.1. The van der Waals surface area contributed by atoms with Gasteiger partial charge >= 0.3 is 0 Å². The number of halogens is 1. The Morgan fingerprint density at radius 3 is 2.71 bits per heavy atom. The third kappa shape index (κ3) is 7.65. The zero-order valence-corrected chi connectivity index (χ0v) is 20.8. The van der Waals surface area contributed by atoms with Crippen LogP contribution in [0.15, 0.2) is 15.6 Å². The van der Waals surface area contributed by atoms with Crippen molar-refractivity contribution in [1.29, 1.82) is 0 Å². The van der Waals surface area contributed by atoms with E-state index >= 15 is 0 Å². The van der Waals surface area contributed by atoms with Crippen LogP contribution in [-0.4, -0.2) is 38.9 Å². The predicted octanol–water partition coefficient (Wildman–Crippen LogP) is 4.33. The van der Waals surface area contributed by atoms with Crippen LogP contribution in [0.2, 0.25) is 0 Å². The number of rotatable bonds is 9. The van der Waals surface area contributed by atoms with E-state index in [0.717, 1.165) is 68.2 Å². The summed E-state index contributed by atoms with van der Waals surface area (Å²) in [4.78, 5) is 4.68. The zero-order valence-electron chi connectivity index (χ0n) is 17.7. The Morgan fingerprint density at radius 1 is 1.32 bits per heavy atom. The maximum Gasteiger partial charge on any atom is 0.191 e. The van der Waals surface area contributed by atoms with Crippen molar-refractivity contribution in [2.75, 3.05) is 12.3 Å². The zero-order chi connectivity index (χ0) is 19.6. The highest BCUT2D eigenvalue weighted by Crippen LogP contribution is 2.24. The third-order valence-electron chi connectivity index (χ3n) is 5.34. The van der Waals surface area contributed by atoms with Gasteiger partial charge in [-0.3, -0.25) is 4.21 Å². The number of hydrogen-bond donors (Lipinski definition) is 2. The lowest BCUT2D eigenvalue weighted by Crippen LogP contribution is -2.46. The van der Waals surface area contributed by atoms with Crippen molar-refractivity contribution in [3.63, 3.8) is 0 Å². The molecule has 0 aromatic carbocycles. The fourth-order valence-corrected chi connectivity index (χ4v) is 5.07. The molecule has 0 amide bonds. The molecule has 0 bridgehead atoms. The van der Waals surface area contributed by atoms with E-state index in [2.05, 4.69) is 41.6 Å². The second-order valence-corrected chi connectivity index (χ2v) is 9.23. The summed E-state index contributed by atoms with van der Waals surface area (Å²) < 4.78 is 17.6. The Kier molecular flexibility index (Phi) is 12.3. The smallest absolute Gasteiger partial charge is 0.191 e. The molecule has 1 aliphatic carbocycles. The minimum absolute atomic E-state index is 0. The van der Waals surface area contributed by atoms with Crippen molar-refractivity contribution in [2.45, 2.75) is 90.0 Å². The van der Waals surface area contributed by atoms with Gasteiger partial charge in [0.25, 0.3) is 0 Å². The van der Waals surface area contributed by atoms with Crippen LogP contribution < -0.4 is 10.6 Å². The normalized spacial score (nSPS) is 21.2. The van der Waals surface area contributed by atoms with Gasteiger partial charge in [0.2, 0.25) is 0 Å². The molecular weight excluding hydrogens is 487 g/mol. The second-order valence-electron chi connectivity index (χ2n) is 7.23. The number of nitrogens with one attached hydrogen (secondary N) is 2. The first-order valence-corrected chi connectivity index (χ1v) is 11.9. The van der Waals surface area contributed by atoms with Crippen LogP contribution in [-0.2, 0) is 17.3 Å². The van der Waals surface area contributed by atoms with Crippen molar-refractivity contribution < 1.29 is 8.73 Å². The quantitative estimate of drug-likeness (QED) is 0.286. The molecule has 1 saturated carbocycles. The van der Waals surface area contributed by atoms with Crippen molar-refractivity contribution in [3.05, 3.63) is 17.5 Å². The Hall–Kier alpha value is -0.640. The maximum absolute atomic E-state index is 12.2. The molecule has 6 nitrogen and oxygen atoms in total. The monoisotopic (exact) mass is 524 g/mol. The van der Waals surface area contributed by atoms with Crippen molar-refractivity contribution >= 4 is 40.7 Å². The minimum Gasteiger partial charge on any atom is -0.359 e. The van der Waals surface area contributed by atoms with Gasteiger partial charge in [-0.25, -0.2) is 4.99 Å². The number of aliphatic imine (C=N–C) groups is 1. The highest BCUT2D eigenvalue weighted by Gasteiger charge is 2.26. The van der Waals surface area contributed by atoms with Crippen LogP contribution in [0.3, 0.4) is 0 Å². The van der Waals surface area contributed by atoms with E-state index in [1.165, 1.54) is 0 Å². The van der Waals surface area contributed by atoms with Gasteiger partial charge in [0, 0.05) is 46.4 Å². The number of aromatic nitrogens is 1. The molecule has 0 aliphatic heterocycles. The minimum atomic E-state index is -0.714. The van der Waals surface area contributed by atoms with E-state index in [4.69, 9.17) is 4.52 Å². The van der Waals surface area contributed by atoms with Crippen LogP contribution in [0.1, 0.15) is 83.6 Å². The molecule has 162 valence electrons. The van der Waals surface area contributed by atoms with E-state index in [-0.39, 0.29) is 24.0 Å². The van der Waals surface area contributed by atoms with Gasteiger partial charge in [-0.1, -0.05) is 32.3 Å². The summed E-state index contributed by atoms with van der Waals surface area (Å²) in [7, 11) is -0.714. The first-order valence-electron chi connectivity index (χ1n) is 10.5. The van der Waals surface area contributed by atoms with Crippen molar-refractivity contribution in [3.8, 4) is 0 Å². The Bertz CT molecular complexity index is 619. The molecule has 2 rings (SSSR count). The summed E-state index contributed by atoms with van der Waals surface area (Å²) in [6.45, 7) is 9.70. The number of hydrogen-bond acceptors (Lipinski definition) is 4. The molecule has 1 fully saturated rings. The molecular formula is C20H37IN4O2S. The van der Waals surface area contributed by atoms with Gasteiger partial charge in [-0.15, -0.1) is 24.0 Å². The molecule has 2 N–H and O–H groups in total. The molecule has 0 saturated heterocycles. The van der Waals surface area contributed by atoms with Crippen molar-refractivity contribution in [1.82, 2.24) is 15.8 Å². The van der Waals surface area contributed by atoms with Gasteiger partial charge in [-0.05, 0) is 39.0 Å². The summed E-state index contributed by atoms with van der Waals surface area (Å²) >= 11 is 0. The van der Waals surface area contributed by atoms with E-state index < -0.39 is 10.8 Å². The fourth-order valence-electron chi connectivity index (χ4n) is 3.72. The van der Waals surface area contributed by atoms with Gasteiger partial charge in [0.15, 0.2) is 11.7 Å². The largest absolute Gasteiger partial charge is 0.359 e. The van der Waals surface area contributed by atoms with Crippen LogP contribution >= 0.6 is 24.0 Å². The molecule has 0 spiro atoms. The Balaban J connectivity index is 0.00000392. The molecule has 1 aromatic heterocycles. The van der Waals surface area contributed by atoms with Gasteiger partial charge in [0.1, 0.15) is 6.54 Å². The second kappa shape index (κ2) is 13.6. The summed E-state index contributed by atoms with van der Waals surface area (Å²) in [6, 6.07) is 2.36. The first kappa shape index (κ1) is 25.4. The topological polar surface area (TPSA) is 79.5 Å². The van der Waals surface area contributed by atoms with Crippen LogP contribution in [0.4, 0.5) is 0 Å². The van der Waals surface area contributed by atoms with Crippen LogP contribution in [0.25, 0.3) is 0 Å². The van der Waals surface area contributed by atoms with Gasteiger partial charge < -0.3 is 15.2 Å². The molecule has 28 heavy (non-hydrogen) atoms. The number of guanidine groups is 1. The van der Waals surface area contributed by atoms with Crippen LogP contribution in [0, 0.1) is 0 Å². The number of nitrogens with zero attached hydrogens (tertiary/aromatic N) is 2. The van der Waals surface area contributed by atoms with Crippen molar-refractivity contribution in [2.24, 2.45) is 4.99 Å². The average molecular weight is 525 g/mol. The molecule has 1 aromatic rings. The Morgan fingerprint density at radius 2 is 2.07 bits per heavy atom. The van der Waals surface area contributed by atoms with Crippen LogP contribution in [0.5, 0.6) is 0 Å². The lowest BCUT2D eigenvalue weighted by Gasteiger charge is -2.30. The Labute approximate surface area is 189 Å². The summed E-state index contributed by atoms with van der Waals surface area (Å²) in [5, 5.41) is 11.4. The van der Waals surface area contributed by atoms with E-state index in [1.807, 2.05) is 13.0 Å². The molecule has 3 unspecified atom stereocenters. The molecule has 1 aliphatic rings. The standard InChI is InChI=1S/C20H36N4O2S.HI/c1-5-15(6-2)19-13-17(26-24-19)14-22-20(21-7-3)23-16-10-9-11-18(12-16)27(25)8-4;/h13,15-16,18H,5-12,14H2,1-4H3,(H2,21,22,23);1H. The fraction of sp³-hybridized carbons (Fsp3) is 0.800. The maximum atomic E-state index is 12.2. The highest BCUT2D eigenvalue weighted by molar-refractivity contribution is 14.0. The molecule has 1 heterocycles. The average Bonchev–Trinajstić information content (AvgIpc) is 3.15. The lowest BCUT2D eigenvalue weighted by molar-refractivity contribution is 0.371. The third-order valence-corrected chi connectivity index (χ3v) is 7.08. The summed E-state index contributed by atoms with van der Waals surface area (Å²) in [5.74, 6) is 2.79. The molecule has 3 atom stereocenters.